The van der Waals surface area contributed by atoms with E-state index in [2.05, 4.69) is 0 Å². The van der Waals surface area contributed by atoms with E-state index < -0.39 is 25.8 Å². The lowest BCUT2D eigenvalue weighted by atomic mass is 10.0. The van der Waals surface area contributed by atoms with Gasteiger partial charge in [0.25, 0.3) is 0 Å². The van der Waals surface area contributed by atoms with Crippen LogP contribution in [0.2, 0.25) is 0 Å². The Kier molecular flexibility index (Phi) is 3.43. The number of aryl methyl sites for hydroxylation is 2. The van der Waals surface area contributed by atoms with Crippen molar-refractivity contribution in [2.24, 2.45) is 0 Å². The van der Waals surface area contributed by atoms with Crippen molar-refractivity contribution >= 4 is 25.8 Å². The maximum atomic E-state index is 11.1. The van der Waals surface area contributed by atoms with Crippen LogP contribution in [0.1, 0.15) is 27.0 Å². The second kappa shape index (κ2) is 4.26. The number of aromatic carboxylic acids is 1. The highest BCUT2D eigenvalue weighted by Gasteiger charge is 2.20. The second-order valence-corrected chi connectivity index (χ2v) is 5.67. The summed E-state index contributed by atoms with van der Waals surface area (Å²) >= 11 is -3.76. The molecule has 0 aliphatic carbocycles. The first-order valence-corrected chi connectivity index (χ1v) is 7.09. The number of hydrogen-bond donors (Lipinski definition) is 1. The van der Waals surface area contributed by atoms with E-state index >= 15 is 0 Å². The van der Waals surface area contributed by atoms with E-state index in [1.807, 2.05) is 0 Å². The molecule has 1 rings (SSSR count). The van der Waals surface area contributed by atoms with Crippen LogP contribution in [0, 0.1) is 24.3 Å². The molecule has 0 aliphatic heterocycles. The highest BCUT2D eigenvalue weighted by atomic mass is 127. The van der Waals surface area contributed by atoms with Crippen LogP contribution in [0.15, 0.2) is 6.07 Å². The Balaban J connectivity index is 3.77. The molecular formula is C10H11IO4. The van der Waals surface area contributed by atoms with Gasteiger partial charge in [0.1, 0.15) is 0 Å². The first-order chi connectivity index (χ1) is 6.86. The molecule has 1 aromatic carbocycles. The number of hydrogen-bond acceptors (Lipinski definition) is 3. The number of carboxylic acids is 1. The van der Waals surface area contributed by atoms with Crippen molar-refractivity contribution in [3.05, 3.63) is 31.9 Å². The van der Waals surface area contributed by atoms with Gasteiger partial charge in [-0.3, -0.25) is 0 Å². The van der Waals surface area contributed by atoms with Gasteiger partial charge in [0.05, 0.1) is 9.13 Å². The summed E-state index contributed by atoms with van der Waals surface area (Å²) in [5.41, 5.74) is 1.77. The van der Waals surface area contributed by atoms with E-state index in [1.165, 1.54) is 0 Å². The summed E-state index contributed by atoms with van der Waals surface area (Å²) in [7, 11) is 0. The Labute approximate surface area is 94.5 Å². The molecule has 0 saturated heterocycles. The molecular weight excluding hydrogens is 311 g/mol. The monoisotopic (exact) mass is 322 g/mol. The zero-order chi connectivity index (χ0) is 11.7. The van der Waals surface area contributed by atoms with E-state index in [4.69, 9.17) is 5.11 Å². The van der Waals surface area contributed by atoms with Crippen LogP contribution in [-0.4, -0.2) is 11.1 Å². The standard InChI is InChI=1S/C10H11IO4/c1-5-4-6(2)9(11(14)15)8(7(5)3)10(12)13/h4H,1-3H3,(H,12,13). The zero-order valence-electron chi connectivity index (χ0n) is 8.63. The van der Waals surface area contributed by atoms with Gasteiger partial charge in [-0.2, -0.15) is 0 Å². The Morgan fingerprint density at radius 1 is 1.20 bits per heavy atom. The van der Waals surface area contributed by atoms with Crippen molar-refractivity contribution in [3.63, 3.8) is 0 Å². The molecule has 0 heterocycles. The summed E-state index contributed by atoms with van der Waals surface area (Å²) in [5, 5.41) is 8.99. The molecule has 1 aromatic rings. The second-order valence-electron chi connectivity index (χ2n) is 3.35. The summed E-state index contributed by atoms with van der Waals surface area (Å²) in [6.07, 6.45) is 0. The largest absolute Gasteiger partial charge is 0.478 e. The third kappa shape index (κ3) is 2.17. The van der Waals surface area contributed by atoms with E-state index in [-0.39, 0.29) is 9.13 Å². The molecule has 0 amide bonds. The molecule has 82 valence electrons. The molecule has 1 N–H and O–H groups in total. The number of benzene rings is 1. The Bertz CT molecular complexity index is 493. The molecule has 0 atom stereocenters. The van der Waals surface area contributed by atoms with Gasteiger partial charge in [-0.15, -0.1) is 0 Å². The SMILES string of the molecule is Cc1cc(C)c(I(=O)=O)c(C(=O)O)c1C. The van der Waals surface area contributed by atoms with Crippen LogP contribution in [0.25, 0.3) is 0 Å². The van der Waals surface area contributed by atoms with E-state index in [0.717, 1.165) is 5.56 Å². The molecule has 5 heteroatoms. The van der Waals surface area contributed by atoms with Gasteiger partial charge < -0.3 is 5.11 Å². The molecule has 0 radical (unpaired) electrons. The molecule has 0 saturated carbocycles. The molecule has 0 bridgehead atoms. The third-order valence-electron chi connectivity index (χ3n) is 2.33. The number of rotatable bonds is 2. The van der Waals surface area contributed by atoms with Crippen molar-refractivity contribution in [2.45, 2.75) is 20.8 Å². The lowest BCUT2D eigenvalue weighted by Gasteiger charge is -2.09. The first kappa shape index (κ1) is 12.1. The highest BCUT2D eigenvalue weighted by Crippen LogP contribution is 2.29. The van der Waals surface area contributed by atoms with Gasteiger partial charge in [-0.05, 0) is 37.5 Å². The summed E-state index contributed by atoms with van der Waals surface area (Å²) < 4.78 is 22.2. The first-order valence-electron chi connectivity index (χ1n) is 4.25. The maximum absolute atomic E-state index is 11.1. The quantitative estimate of drug-likeness (QED) is 0.850. The average molecular weight is 322 g/mol. The van der Waals surface area contributed by atoms with E-state index in [9.17, 15) is 10.9 Å². The van der Waals surface area contributed by atoms with E-state index in [0.29, 0.717) is 11.1 Å². The van der Waals surface area contributed by atoms with Crippen molar-refractivity contribution in [1.29, 1.82) is 0 Å². The topological polar surface area (TPSA) is 71.4 Å². The molecule has 0 aromatic heterocycles. The van der Waals surface area contributed by atoms with Crippen molar-refractivity contribution in [2.75, 3.05) is 0 Å². The Morgan fingerprint density at radius 2 is 1.73 bits per heavy atom. The van der Waals surface area contributed by atoms with Crippen LogP contribution >= 0.6 is 19.8 Å². The fourth-order valence-electron chi connectivity index (χ4n) is 1.51. The summed E-state index contributed by atoms with van der Waals surface area (Å²) in [6.45, 7) is 5.02. The number of halogens is 1. The van der Waals surface area contributed by atoms with Crippen LogP contribution in [0.4, 0.5) is 0 Å². The van der Waals surface area contributed by atoms with Gasteiger partial charge in [-0.1, -0.05) is 6.07 Å². The van der Waals surface area contributed by atoms with Crippen molar-refractivity contribution in [1.82, 2.24) is 0 Å². The van der Waals surface area contributed by atoms with Crippen LogP contribution in [0.3, 0.4) is 0 Å². The Hall–Kier alpha value is -0.980. The van der Waals surface area contributed by atoms with Crippen molar-refractivity contribution in [3.8, 4) is 0 Å². The van der Waals surface area contributed by atoms with E-state index in [1.54, 1.807) is 26.8 Å². The maximum Gasteiger partial charge on any atom is 0.342 e. The predicted octanol–water partition coefficient (Wildman–Crippen LogP) is 2.68. The van der Waals surface area contributed by atoms with Gasteiger partial charge >= 0.3 is 25.8 Å². The van der Waals surface area contributed by atoms with Gasteiger partial charge in [0.15, 0.2) is 0 Å². The molecule has 0 aliphatic rings. The number of carboxylic acid groups (broad SMARTS) is 1. The van der Waals surface area contributed by atoms with Gasteiger partial charge in [0.2, 0.25) is 0 Å². The molecule has 0 fully saturated rings. The lowest BCUT2D eigenvalue weighted by molar-refractivity contribution is 0.0694. The minimum atomic E-state index is -3.76. The van der Waals surface area contributed by atoms with Gasteiger partial charge in [0, 0.05) is 0 Å². The normalized spacial score (nSPS) is 10.7. The smallest absolute Gasteiger partial charge is 0.342 e. The van der Waals surface area contributed by atoms with Crippen LogP contribution in [0.5, 0.6) is 0 Å². The molecule has 4 nitrogen and oxygen atoms in total. The molecule has 0 spiro atoms. The van der Waals surface area contributed by atoms with Crippen molar-refractivity contribution < 1.29 is 16.0 Å². The fraction of sp³-hybridized carbons (Fsp3) is 0.300. The highest BCUT2D eigenvalue weighted by molar-refractivity contribution is 14.2. The average Bonchev–Trinajstić information content (AvgIpc) is 2.09. The summed E-state index contributed by atoms with van der Waals surface area (Å²) in [4.78, 5) is 11.0. The summed E-state index contributed by atoms with van der Waals surface area (Å²) in [5.74, 6) is -1.18. The minimum Gasteiger partial charge on any atom is -0.478 e. The molecule has 0 unspecified atom stereocenters. The van der Waals surface area contributed by atoms with Crippen LogP contribution < -0.4 is 0 Å². The predicted molar refractivity (Wildman–Crippen MR) is 61.7 cm³/mol. The Morgan fingerprint density at radius 3 is 2.13 bits per heavy atom. The van der Waals surface area contributed by atoms with Gasteiger partial charge in [-0.25, -0.2) is 10.9 Å². The zero-order valence-corrected chi connectivity index (χ0v) is 10.8. The fourth-order valence-corrected chi connectivity index (χ4v) is 3.43. The third-order valence-corrected chi connectivity index (χ3v) is 4.60. The lowest BCUT2D eigenvalue weighted by Crippen LogP contribution is -2.07. The minimum absolute atomic E-state index is 0.00907. The number of carbonyl (C=O) groups is 1. The molecule has 15 heavy (non-hydrogen) atoms. The summed E-state index contributed by atoms with van der Waals surface area (Å²) in [6, 6.07) is 1.71. The van der Waals surface area contributed by atoms with Crippen LogP contribution in [-0.2, 0) is 6.14 Å².